The maximum absolute atomic E-state index is 4.54. The van der Waals surface area contributed by atoms with Crippen LogP contribution in [-0.4, -0.2) is 9.55 Å². The molecule has 0 spiro atoms. The number of nitrogens with one attached hydrogen (secondary N) is 1. The minimum absolute atomic E-state index is 0.285. The zero-order valence-electron chi connectivity index (χ0n) is 12.1. The second-order valence-electron chi connectivity index (χ2n) is 5.21. The van der Waals surface area contributed by atoms with Crippen molar-refractivity contribution in [1.29, 1.82) is 0 Å². The van der Waals surface area contributed by atoms with E-state index in [9.17, 15) is 0 Å². The van der Waals surface area contributed by atoms with Crippen molar-refractivity contribution in [2.45, 2.75) is 26.4 Å². The number of thiazole rings is 1. The van der Waals surface area contributed by atoms with Gasteiger partial charge in [-0.2, -0.15) is 0 Å². The zero-order valence-corrected chi connectivity index (χ0v) is 12.9. The zero-order chi connectivity index (χ0) is 14.1. The first-order chi connectivity index (χ1) is 9.65. The Labute approximate surface area is 123 Å². The number of aryl methyl sites for hydroxylation is 2. The van der Waals surface area contributed by atoms with Gasteiger partial charge in [-0.25, -0.2) is 4.98 Å². The van der Waals surface area contributed by atoms with E-state index in [1.807, 2.05) is 6.92 Å². The Balaban J connectivity index is 1.77. The topological polar surface area (TPSA) is 29.9 Å². The van der Waals surface area contributed by atoms with E-state index in [4.69, 9.17) is 0 Å². The molecule has 3 aromatic rings. The highest BCUT2D eigenvalue weighted by Gasteiger charge is 2.11. The van der Waals surface area contributed by atoms with Crippen LogP contribution in [0.5, 0.6) is 0 Å². The van der Waals surface area contributed by atoms with E-state index in [-0.39, 0.29) is 6.04 Å². The van der Waals surface area contributed by atoms with Crippen LogP contribution in [0.4, 0.5) is 0 Å². The predicted molar refractivity (Wildman–Crippen MR) is 85.0 cm³/mol. The maximum Gasteiger partial charge on any atom is 0.110 e. The molecule has 0 radical (unpaired) electrons. The van der Waals surface area contributed by atoms with Gasteiger partial charge in [0.15, 0.2) is 0 Å². The first-order valence-corrected chi connectivity index (χ1v) is 7.71. The molecule has 4 heteroatoms. The van der Waals surface area contributed by atoms with Crippen LogP contribution in [0.25, 0.3) is 10.9 Å². The van der Waals surface area contributed by atoms with E-state index in [2.05, 4.69) is 64.7 Å². The molecule has 1 aromatic carbocycles. The fraction of sp³-hybridized carbons (Fsp3) is 0.312. The minimum atomic E-state index is 0.285. The monoisotopic (exact) mass is 285 g/mol. The molecule has 3 nitrogen and oxygen atoms in total. The van der Waals surface area contributed by atoms with Crippen molar-refractivity contribution in [2.24, 2.45) is 7.05 Å². The standard InChI is InChI=1S/C16H19N3S/c1-11-10-20-16(18-11)12(2)17-8-13-9-19(3)15-7-5-4-6-14(13)15/h4-7,9-10,12,17H,8H2,1-3H3. The van der Waals surface area contributed by atoms with E-state index < -0.39 is 0 Å². The Hall–Kier alpha value is -1.65. The second kappa shape index (κ2) is 5.38. The van der Waals surface area contributed by atoms with Crippen molar-refractivity contribution in [2.75, 3.05) is 0 Å². The van der Waals surface area contributed by atoms with Crippen LogP contribution in [0.1, 0.15) is 29.2 Å². The molecule has 104 valence electrons. The van der Waals surface area contributed by atoms with Crippen LogP contribution in [0.2, 0.25) is 0 Å². The summed E-state index contributed by atoms with van der Waals surface area (Å²) in [7, 11) is 2.10. The van der Waals surface area contributed by atoms with Crippen molar-refractivity contribution in [3.63, 3.8) is 0 Å². The summed E-state index contributed by atoms with van der Waals surface area (Å²) in [6, 6.07) is 8.81. The predicted octanol–water partition coefficient (Wildman–Crippen LogP) is 3.79. The van der Waals surface area contributed by atoms with Crippen molar-refractivity contribution in [3.8, 4) is 0 Å². The third-order valence-corrected chi connectivity index (χ3v) is 4.73. The summed E-state index contributed by atoms with van der Waals surface area (Å²) in [6.45, 7) is 5.07. The van der Waals surface area contributed by atoms with Gasteiger partial charge in [0.05, 0.1) is 6.04 Å². The summed E-state index contributed by atoms with van der Waals surface area (Å²) in [5.74, 6) is 0. The summed E-state index contributed by atoms with van der Waals surface area (Å²) >= 11 is 1.72. The highest BCUT2D eigenvalue weighted by molar-refractivity contribution is 7.09. The van der Waals surface area contributed by atoms with Gasteiger partial charge in [0.1, 0.15) is 5.01 Å². The molecule has 0 saturated heterocycles. The number of hydrogen-bond donors (Lipinski definition) is 1. The number of benzene rings is 1. The third kappa shape index (κ3) is 2.49. The first kappa shape index (κ1) is 13.3. The van der Waals surface area contributed by atoms with E-state index in [1.165, 1.54) is 16.5 Å². The molecule has 1 N–H and O–H groups in total. The fourth-order valence-corrected chi connectivity index (χ4v) is 3.32. The normalized spacial score (nSPS) is 12.9. The quantitative estimate of drug-likeness (QED) is 0.790. The Morgan fingerprint density at radius 2 is 2.15 bits per heavy atom. The van der Waals surface area contributed by atoms with Gasteiger partial charge in [-0.1, -0.05) is 18.2 Å². The molecule has 0 aliphatic rings. The molecule has 0 aliphatic heterocycles. The SMILES string of the molecule is Cc1csc(C(C)NCc2cn(C)c3ccccc23)n1. The average Bonchev–Trinajstić information content (AvgIpc) is 3.01. The summed E-state index contributed by atoms with van der Waals surface area (Å²) in [4.78, 5) is 4.54. The summed E-state index contributed by atoms with van der Waals surface area (Å²) in [5.41, 5.74) is 3.72. The lowest BCUT2D eigenvalue weighted by Gasteiger charge is -2.10. The molecule has 1 unspecified atom stereocenters. The Bertz CT molecular complexity index is 726. The number of fused-ring (bicyclic) bond motifs is 1. The molecule has 1 atom stereocenters. The molecule has 2 heterocycles. The van der Waals surface area contributed by atoms with Gasteiger partial charge < -0.3 is 9.88 Å². The summed E-state index contributed by atoms with van der Waals surface area (Å²) in [6.07, 6.45) is 2.21. The van der Waals surface area contributed by atoms with Crippen molar-refractivity contribution >= 4 is 22.2 Å². The van der Waals surface area contributed by atoms with Gasteiger partial charge >= 0.3 is 0 Å². The van der Waals surface area contributed by atoms with E-state index in [0.717, 1.165) is 17.2 Å². The molecule has 0 saturated carbocycles. The van der Waals surface area contributed by atoms with E-state index in [1.54, 1.807) is 11.3 Å². The van der Waals surface area contributed by atoms with Crippen molar-refractivity contribution in [1.82, 2.24) is 14.9 Å². The number of nitrogens with zero attached hydrogens (tertiary/aromatic N) is 2. The van der Waals surface area contributed by atoms with Crippen LogP contribution < -0.4 is 5.32 Å². The summed E-state index contributed by atoms with van der Waals surface area (Å²) < 4.78 is 2.19. The number of rotatable bonds is 4. The van der Waals surface area contributed by atoms with Gasteiger partial charge in [0.2, 0.25) is 0 Å². The molecule has 2 aromatic heterocycles. The fourth-order valence-electron chi connectivity index (χ4n) is 2.49. The van der Waals surface area contributed by atoms with Gasteiger partial charge in [-0.3, -0.25) is 0 Å². The molecule has 3 rings (SSSR count). The van der Waals surface area contributed by atoms with Gasteiger partial charge in [-0.15, -0.1) is 11.3 Å². The largest absolute Gasteiger partial charge is 0.350 e. The molecule has 0 aliphatic carbocycles. The lowest BCUT2D eigenvalue weighted by molar-refractivity contribution is 0.572. The van der Waals surface area contributed by atoms with E-state index >= 15 is 0 Å². The smallest absolute Gasteiger partial charge is 0.110 e. The van der Waals surface area contributed by atoms with Crippen LogP contribution in [0, 0.1) is 6.92 Å². The summed E-state index contributed by atoms with van der Waals surface area (Å²) in [5, 5.41) is 8.15. The maximum atomic E-state index is 4.54. The molecular formula is C16H19N3S. The van der Waals surface area contributed by atoms with Gasteiger partial charge in [0.25, 0.3) is 0 Å². The van der Waals surface area contributed by atoms with Crippen LogP contribution >= 0.6 is 11.3 Å². The number of hydrogen-bond acceptors (Lipinski definition) is 3. The number of para-hydroxylation sites is 1. The van der Waals surface area contributed by atoms with Gasteiger partial charge in [-0.05, 0) is 25.5 Å². The lowest BCUT2D eigenvalue weighted by Crippen LogP contribution is -2.17. The van der Waals surface area contributed by atoms with Crippen LogP contribution in [0.3, 0.4) is 0 Å². The first-order valence-electron chi connectivity index (χ1n) is 6.83. The molecule has 0 fully saturated rings. The Kier molecular flexibility index (Phi) is 3.59. The van der Waals surface area contributed by atoms with Crippen molar-refractivity contribution < 1.29 is 0 Å². The number of aromatic nitrogens is 2. The van der Waals surface area contributed by atoms with Crippen LogP contribution in [-0.2, 0) is 13.6 Å². The Morgan fingerprint density at radius 3 is 2.90 bits per heavy atom. The highest BCUT2D eigenvalue weighted by atomic mass is 32.1. The van der Waals surface area contributed by atoms with Gasteiger partial charge in [0, 0.05) is 41.8 Å². The average molecular weight is 285 g/mol. The molecule has 0 amide bonds. The van der Waals surface area contributed by atoms with Crippen molar-refractivity contribution in [3.05, 3.63) is 52.1 Å². The van der Waals surface area contributed by atoms with Crippen LogP contribution in [0.15, 0.2) is 35.8 Å². The molecular weight excluding hydrogens is 266 g/mol. The second-order valence-corrected chi connectivity index (χ2v) is 6.10. The van der Waals surface area contributed by atoms with E-state index in [0.29, 0.717) is 0 Å². The lowest BCUT2D eigenvalue weighted by atomic mass is 10.1. The highest BCUT2D eigenvalue weighted by Crippen LogP contribution is 2.22. The third-order valence-electron chi connectivity index (χ3n) is 3.59. The Morgan fingerprint density at radius 1 is 1.35 bits per heavy atom. The minimum Gasteiger partial charge on any atom is -0.350 e. The molecule has 20 heavy (non-hydrogen) atoms. The molecule has 0 bridgehead atoms.